The number of likely N-dealkylation sites (tertiary alicyclic amines) is 1. The predicted octanol–water partition coefficient (Wildman–Crippen LogP) is 2.25. The summed E-state index contributed by atoms with van der Waals surface area (Å²) in [6.45, 7) is 1.86. The van der Waals surface area contributed by atoms with Crippen LogP contribution in [0.25, 0.3) is 0 Å². The zero-order valence-electron chi connectivity index (χ0n) is 14.0. The summed E-state index contributed by atoms with van der Waals surface area (Å²) in [6.07, 6.45) is -0.964. The van der Waals surface area contributed by atoms with Crippen LogP contribution in [0.1, 0.15) is 25.7 Å². The summed E-state index contributed by atoms with van der Waals surface area (Å²) >= 11 is 0. The Balaban J connectivity index is 1.64. The van der Waals surface area contributed by atoms with Crippen LogP contribution in [0.3, 0.4) is 0 Å². The Morgan fingerprint density at radius 3 is 2.60 bits per heavy atom. The second kappa shape index (κ2) is 7.05. The summed E-state index contributed by atoms with van der Waals surface area (Å²) in [6, 6.07) is -0.0693. The molecule has 2 unspecified atom stereocenters. The highest BCUT2D eigenvalue weighted by Gasteiger charge is 2.41. The molecule has 3 heterocycles. The van der Waals surface area contributed by atoms with E-state index in [1.165, 1.54) is 7.11 Å². The summed E-state index contributed by atoms with van der Waals surface area (Å²) in [7, 11) is 1.53. The molecule has 0 saturated carbocycles. The van der Waals surface area contributed by atoms with Crippen LogP contribution in [0.5, 0.6) is 5.75 Å². The minimum Gasteiger partial charge on any atom is -0.494 e. The normalized spacial score (nSPS) is 23.5. The lowest BCUT2D eigenvalue weighted by Gasteiger charge is -2.38. The number of aromatic nitrogens is 2. The summed E-state index contributed by atoms with van der Waals surface area (Å²) in [5.41, 5.74) is 0. The standard InChI is InChI=1S/C16H21F3N4O2/c1-25-12-8-20-15(21-9-12)22-6-3-11-4-7-23(13(11)10-22)14(24)2-5-16(17,18)19/h8-9,11,13H,2-7,10H2,1H3. The molecule has 1 amide bonds. The van der Waals surface area contributed by atoms with Gasteiger partial charge in [-0.05, 0) is 18.8 Å². The first-order valence-electron chi connectivity index (χ1n) is 8.34. The number of nitrogens with zero attached hydrogens (tertiary/aromatic N) is 4. The van der Waals surface area contributed by atoms with Crippen molar-refractivity contribution in [2.24, 2.45) is 5.92 Å². The van der Waals surface area contributed by atoms with Crippen LogP contribution in [0, 0.1) is 5.92 Å². The molecule has 1 aromatic rings. The van der Waals surface area contributed by atoms with E-state index in [9.17, 15) is 18.0 Å². The predicted molar refractivity (Wildman–Crippen MR) is 84.3 cm³/mol. The number of rotatable bonds is 4. The fourth-order valence-corrected chi connectivity index (χ4v) is 3.60. The first-order valence-corrected chi connectivity index (χ1v) is 8.34. The van der Waals surface area contributed by atoms with Crippen LogP contribution < -0.4 is 9.64 Å². The van der Waals surface area contributed by atoms with Gasteiger partial charge in [0.1, 0.15) is 0 Å². The number of methoxy groups -OCH3 is 1. The molecule has 0 radical (unpaired) electrons. The number of carbonyl (C=O) groups excluding carboxylic acids is 1. The molecule has 2 aliphatic rings. The van der Waals surface area contributed by atoms with Gasteiger partial charge in [-0.2, -0.15) is 13.2 Å². The van der Waals surface area contributed by atoms with Gasteiger partial charge in [0.15, 0.2) is 5.75 Å². The summed E-state index contributed by atoms with van der Waals surface area (Å²) in [5, 5.41) is 0. The van der Waals surface area contributed by atoms with Crippen LogP contribution in [0.4, 0.5) is 19.1 Å². The molecule has 25 heavy (non-hydrogen) atoms. The fourth-order valence-electron chi connectivity index (χ4n) is 3.60. The minimum atomic E-state index is -4.30. The lowest BCUT2D eigenvalue weighted by atomic mass is 9.92. The van der Waals surface area contributed by atoms with E-state index in [0.717, 1.165) is 19.4 Å². The largest absolute Gasteiger partial charge is 0.494 e. The zero-order chi connectivity index (χ0) is 18.0. The van der Waals surface area contributed by atoms with Crippen molar-refractivity contribution in [3.05, 3.63) is 12.4 Å². The number of amides is 1. The molecule has 0 aliphatic carbocycles. The molecule has 0 N–H and O–H groups in total. The van der Waals surface area contributed by atoms with E-state index < -0.39 is 24.9 Å². The Morgan fingerprint density at radius 2 is 1.96 bits per heavy atom. The Hall–Kier alpha value is -2.06. The fraction of sp³-hybridized carbons (Fsp3) is 0.688. The molecule has 6 nitrogen and oxygen atoms in total. The maximum absolute atomic E-state index is 12.4. The average molecular weight is 358 g/mol. The third kappa shape index (κ3) is 4.13. The van der Waals surface area contributed by atoms with E-state index in [1.807, 2.05) is 4.90 Å². The van der Waals surface area contributed by atoms with Gasteiger partial charge in [-0.3, -0.25) is 4.79 Å². The monoisotopic (exact) mass is 358 g/mol. The van der Waals surface area contributed by atoms with Crippen molar-refractivity contribution in [3.8, 4) is 5.75 Å². The van der Waals surface area contributed by atoms with Gasteiger partial charge in [0.05, 0.1) is 32.0 Å². The number of piperidine rings is 1. The number of alkyl halides is 3. The molecule has 2 fully saturated rings. The quantitative estimate of drug-likeness (QED) is 0.826. The summed E-state index contributed by atoms with van der Waals surface area (Å²) in [4.78, 5) is 24.4. The summed E-state index contributed by atoms with van der Waals surface area (Å²) < 4.78 is 42.2. The van der Waals surface area contributed by atoms with Crippen molar-refractivity contribution in [2.75, 3.05) is 31.6 Å². The van der Waals surface area contributed by atoms with Crippen molar-refractivity contribution < 1.29 is 22.7 Å². The lowest BCUT2D eigenvalue weighted by Crippen LogP contribution is -2.50. The number of hydrogen-bond acceptors (Lipinski definition) is 5. The Labute approximate surface area is 144 Å². The molecule has 2 aliphatic heterocycles. The van der Waals surface area contributed by atoms with Crippen molar-refractivity contribution in [1.82, 2.24) is 14.9 Å². The highest BCUT2D eigenvalue weighted by atomic mass is 19.4. The molecule has 1 aromatic heterocycles. The van der Waals surface area contributed by atoms with Crippen LogP contribution in [0.15, 0.2) is 12.4 Å². The molecule has 0 bridgehead atoms. The van der Waals surface area contributed by atoms with Crippen LogP contribution in [-0.2, 0) is 4.79 Å². The van der Waals surface area contributed by atoms with Crippen LogP contribution in [-0.4, -0.2) is 59.7 Å². The van der Waals surface area contributed by atoms with E-state index in [4.69, 9.17) is 4.74 Å². The molecule has 138 valence electrons. The number of fused-ring (bicyclic) bond motifs is 1. The SMILES string of the molecule is COc1cnc(N2CCC3CCN(C(=O)CCC(F)(F)F)C3C2)nc1. The molecule has 3 rings (SSSR count). The van der Waals surface area contributed by atoms with Crippen molar-refractivity contribution >= 4 is 11.9 Å². The topological polar surface area (TPSA) is 58.6 Å². The average Bonchev–Trinajstić information content (AvgIpc) is 3.02. The number of carbonyl (C=O) groups is 1. The second-order valence-corrected chi connectivity index (χ2v) is 6.48. The Kier molecular flexibility index (Phi) is 5.01. The molecule has 9 heteroatoms. The van der Waals surface area contributed by atoms with Gasteiger partial charge in [0, 0.05) is 26.1 Å². The number of halogens is 3. The Morgan fingerprint density at radius 1 is 1.28 bits per heavy atom. The number of hydrogen-bond donors (Lipinski definition) is 0. The van der Waals surface area contributed by atoms with Gasteiger partial charge < -0.3 is 14.5 Å². The van der Waals surface area contributed by atoms with Gasteiger partial charge in [0.2, 0.25) is 11.9 Å². The molecule has 0 spiro atoms. The van der Waals surface area contributed by atoms with Crippen molar-refractivity contribution in [3.63, 3.8) is 0 Å². The van der Waals surface area contributed by atoms with Gasteiger partial charge >= 0.3 is 6.18 Å². The van der Waals surface area contributed by atoms with E-state index in [1.54, 1.807) is 17.3 Å². The first-order chi connectivity index (χ1) is 11.9. The minimum absolute atomic E-state index is 0.0693. The van der Waals surface area contributed by atoms with Gasteiger partial charge in [-0.15, -0.1) is 0 Å². The van der Waals surface area contributed by atoms with Crippen LogP contribution in [0.2, 0.25) is 0 Å². The van der Waals surface area contributed by atoms with E-state index in [2.05, 4.69) is 9.97 Å². The Bertz CT molecular complexity index is 608. The lowest BCUT2D eigenvalue weighted by molar-refractivity contribution is -0.149. The highest BCUT2D eigenvalue weighted by Crippen LogP contribution is 2.34. The van der Waals surface area contributed by atoms with Crippen molar-refractivity contribution in [2.45, 2.75) is 37.9 Å². The maximum Gasteiger partial charge on any atom is 0.389 e. The maximum atomic E-state index is 12.4. The first kappa shape index (κ1) is 17.8. The third-order valence-corrected chi connectivity index (χ3v) is 4.94. The number of ether oxygens (including phenoxy) is 1. The zero-order valence-corrected chi connectivity index (χ0v) is 14.0. The molecule has 0 aromatic carbocycles. The summed E-state index contributed by atoms with van der Waals surface area (Å²) in [5.74, 6) is 1.03. The smallest absolute Gasteiger partial charge is 0.389 e. The molecule has 2 saturated heterocycles. The molecular formula is C16H21F3N4O2. The second-order valence-electron chi connectivity index (χ2n) is 6.48. The molecular weight excluding hydrogens is 337 g/mol. The van der Waals surface area contributed by atoms with E-state index >= 15 is 0 Å². The molecule has 2 atom stereocenters. The highest BCUT2D eigenvalue weighted by molar-refractivity contribution is 5.77. The van der Waals surface area contributed by atoms with Gasteiger partial charge in [0.25, 0.3) is 0 Å². The van der Waals surface area contributed by atoms with Crippen molar-refractivity contribution in [1.29, 1.82) is 0 Å². The van der Waals surface area contributed by atoms with E-state index in [-0.39, 0.29) is 6.04 Å². The van der Waals surface area contributed by atoms with Gasteiger partial charge in [-0.25, -0.2) is 9.97 Å². The number of anilines is 1. The van der Waals surface area contributed by atoms with Crippen LogP contribution >= 0.6 is 0 Å². The third-order valence-electron chi connectivity index (χ3n) is 4.94. The van der Waals surface area contributed by atoms with Gasteiger partial charge in [-0.1, -0.05) is 0 Å². The van der Waals surface area contributed by atoms with E-state index in [0.29, 0.717) is 30.7 Å².